The molecule has 1 rings (SSSR count). The summed E-state index contributed by atoms with van der Waals surface area (Å²) in [6.45, 7) is 7.64. The van der Waals surface area contributed by atoms with Crippen LogP contribution < -0.4 is 10.2 Å². The zero-order valence-electron chi connectivity index (χ0n) is 13.1. The zero-order valence-corrected chi connectivity index (χ0v) is 13.1. The lowest BCUT2D eigenvalue weighted by Gasteiger charge is -2.27. The van der Waals surface area contributed by atoms with E-state index >= 15 is 0 Å². The van der Waals surface area contributed by atoms with E-state index < -0.39 is 5.97 Å². The third-order valence-corrected chi connectivity index (χ3v) is 3.44. The first kappa shape index (κ1) is 17.0. The molecule has 0 aliphatic carbocycles. The van der Waals surface area contributed by atoms with Crippen molar-refractivity contribution in [2.75, 3.05) is 11.4 Å². The molecular weight excluding hydrogens is 268 g/mol. The summed E-state index contributed by atoms with van der Waals surface area (Å²) in [5.41, 5.74) is 1.64. The number of anilines is 1. The predicted molar refractivity (Wildman–Crippen MR) is 83.6 cm³/mol. The number of nitrogens with zero attached hydrogens (tertiary/aromatic N) is 1. The van der Waals surface area contributed by atoms with Crippen molar-refractivity contribution in [3.8, 4) is 0 Å². The molecule has 1 aromatic carbocycles. The van der Waals surface area contributed by atoms with Crippen LogP contribution in [0.2, 0.25) is 0 Å². The summed E-state index contributed by atoms with van der Waals surface area (Å²) in [5.74, 6) is -0.744. The van der Waals surface area contributed by atoms with Crippen LogP contribution in [0.4, 0.5) is 10.5 Å². The van der Waals surface area contributed by atoms with Gasteiger partial charge in [-0.1, -0.05) is 38.5 Å². The molecule has 5 nitrogen and oxygen atoms in total. The van der Waals surface area contributed by atoms with Gasteiger partial charge in [0.2, 0.25) is 0 Å². The van der Waals surface area contributed by atoms with Crippen LogP contribution in [0.3, 0.4) is 0 Å². The molecule has 116 valence electrons. The Hall–Kier alpha value is -2.04. The van der Waals surface area contributed by atoms with Crippen molar-refractivity contribution in [2.45, 2.75) is 40.2 Å². The molecule has 0 aliphatic rings. The minimum atomic E-state index is -1.04. The van der Waals surface area contributed by atoms with Gasteiger partial charge in [0.25, 0.3) is 0 Å². The Morgan fingerprint density at radius 3 is 2.24 bits per heavy atom. The lowest BCUT2D eigenvalue weighted by Crippen LogP contribution is -2.48. The minimum absolute atomic E-state index is 0.0271. The van der Waals surface area contributed by atoms with Crippen molar-refractivity contribution < 1.29 is 14.7 Å². The Morgan fingerprint density at radius 1 is 1.24 bits per heavy atom. The molecule has 1 aromatic rings. The van der Waals surface area contributed by atoms with Crippen LogP contribution in [0.5, 0.6) is 0 Å². The molecule has 0 bridgehead atoms. The fourth-order valence-electron chi connectivity index (χ4n) is 2.12. The highest BCUT2D eigenvalue weighted by Crippen LogP contribution is 2.16. The standard InChI is InChI=1S/C16H24N2O3/c1-5-14(11(2)3)17-16(21)18(10-15(19)20)13-8-6-12(4)7-9-13/h6-9,11,14H,5,10H2,1-4H3,(H,17,21)(H,19,20). The number of benzene rings is 1. The molecule has 1 atom stereocenters. The third-order valence-electron chi connectivity index (χ3n) is 3.44. The molecule has 0 aromatic heterocycles. The molecule has 0 spiro atoms. The largest absolute Gasteiger partial charge is 0.480 e. The van der Waals surface area contributed by atoms with Crippen LogP contribution in [0.25, 0.3) is 0 Å². The van der Waals surface area contributed by atoms with E-state index in [1.165, 1.54) is 4.90 Å². The van der Waals surface area contributed by atoms with E-state index in [1.807, 2.05) is 39.8 Å². The lowest BCUT2D eigenvalue weighted by atomic mass is 10.0. The number of hydrogen-bond acceptors (Lipinski definition) is 2. The van der Waals surface area contributed by atoms with Gasteiger partial charge < -0.3 is 10.4 Å². The van der Waals surface area contributed by atoms with Gasteiger partial charge in [-0.05, 0) is 31.4 Å². The average Bonchev–Trinajstić information content (AvgIpc) is 2.42. The fourth-order valence-corrected chi connectivity index (χ4v) is 2.12. The number of nitrogens with one attached hydrogen (secondary N) is 1. The maximum atomic E-state index is 12.4. The zero-order chi connectivity index (χ0) is 16.0. The first-order valence-electron chi connectivity index (χ1n) is 7.21. The van der Waals surface area contributed by atoms with Crippen LogP contribution in [0.1, 0.15) is 32.8 Å². The number of hydrogen-bond donors (Lipinski definition) is 2. The molecule has 2 N–H and O–H groups in total. The first-order valence-corrected chi connectivity index (χ1v) is 7.21. The smallest absolute Gasteiger partial charge is 0.323 e. The van der Waals surface area contributed by atoms with Crippen molar-refractivity contribution in [1.82, 2.24) is 5.32 Å². The molecule has 5 heteroatoms. The predicted octanol–water partition coefficient (Wildman–Crippen LogP) is 3.03. The Balaban J connectivity index is 2.94. The fraction of sp³-hybridized carbons (Fsp3) is 0.500. The number of urea groups is 1. The first-order chi connectivity index (χ1) is 9.85. The highest BCUT2D eigenvalue weighted by Gasteiger charge is 2.22. The van der Waals surface area contributed by atoms with E-state index in [0.717, 1.165) is 12.0 Å². The van der Waals surface area contributed by atoms with Gasteiger partial charge in [-0.15, -0.1) is 0 Å². The molecule has 0 saturated heterocycles. The number of aryl methyl sites for hydroxylation is 1. The molecule has 21 heavy (non-hydrogen) atoms. The quantitative estimate of drug-likeness (QED) is 0.846. The molecule has 1 unspecified atom stereocenters. The number of rotatable bonds is 6. The van der Waals surface area contributed by atoms with Crippen molar-refractivity contribution >= 4 is 17.7 Å². The lowest BCUT2D eigenvalue weighted by molar-refractivity contribution is -0.135. The molecule has 0 heterocycles. The van der Waals surface area contributed by atoms with Gasteiger partial charge in [0, 0.05) is 11.7 Å². The molecule has 0 saturated carbocycles. The third kappa shape index (κ3) is 5.10. The number of carbonyl (C=O) groups excluding carboxylic acids is 1. The van der Waals surface area contributed by atoms with Crippen LogP contribution in [0.15, 0.2) is 24.3 Å². The van der Waals surface area contributed by atoms with Crippen LogP contribution in [-0.4, -0.2) is 29.7 Å². The monoisotopic (exact) mass is 292 g/mol. The summed E-state index contributed by atoms with van der Waals surface area (Å²) in [7, 11) is 0. The minimum Gasteiger partial charge on any atom is -0.480 e. The Morgan fingerprint density at radius 2 is 1.81 bits per heavy atom. The normalized spacial score (nSPS) is 12.0. The number of carbonyl (C=O) groups is 2. The van der Waals surface area contributed by atoms with Crippen LogP contribution in [-0.2, 0) is 4.79 Å². The maximum Gasteiger partial charge on any atom is 0.323 e. The van der Waals surface area contributed by atoms with E-state index in [9.17, 15) is 9.59 Å². The second-order valence-electron chi connectivity index (χ2n) is 5.52. The number of carboxylic acid groups (broad SMARTS) is 1. The second kappa shape index (κ2) is 7.67. The summed E-state index contributed by atoms with van der Waals surface area (Å²) in [4.78, 5) is 24.7. The number of aliphatic carboxylic acids is 1. The SMILES string of the molecule is CCC(NC(=O)N(CC(=O)O)c1ccc(C)cc1)C(C)C. The highest BCUT2D eigenvalue weighted by atomic mass is 16.4. The molecule has 0 radical (unpaired) electrons. The van der Waals surface area contributed by atoms with Gasteiger partial charge in [-0.3, -0.25) is 9.69 Å². The van der Waals surface area contributed by atoms with Gasteiger partial charge >= 0.3 is 12.0 Å². The van der Waals surface area contributed by atoms with E-state index in [2.05, 4.69) is 5.32 Å². The molecule has 2 amide bonds. The Bertz CT molecular complexity index is 483. The summed E-state index contributed by atoms with van der Waals surface area (Å²) >= 11 is 0. The van der Waals surface area contributed by atoms with Crippen LogP contribution >= 0.6 is 0 Å². The Labute approximate surface area is 126 Å². The van der Waals surface area contributed by atoms with E-state index in [4.69, 9.17) is 5.11 Å². The van der Waals surface area contributed by atoms with Gasteiger partial charge in [0.15, 0.2) is 0 Å². The summed E-state index contributed by atoms with van der Waals surface area (Å²) < 4.78 is 0. The van der Waals surface area contributed by atoms with E-state index in [0.29, 0.717) is 11.6 Å². The van der Waals surface area contributed by atoms with Gasteiger partial charge in [0.05, 0.1) is 0 Å². The van der Waals surface area contributed by atoms with E-state index in [1.54, 1.807) is 12.1 Å². The van der Waals surface area contributed by atoms with E-state index in [-0.39, 0.29) is 18.6 Å². The van der Waals surface area contributed by atoms with Crippen molar-refractivity contribution in [3.63, 3.8) is 0 Å². The van der Waals surface area contributed by atoms with Crippen molar-refractivity contribution in [2.24, 2.45) is 5.92 Å². The highest BCUT2D eigenvalue weighted by molar-refractivity contribution is 5.96. The van der Waals surface area contributed by atoms with Crippen LogP contribution in [0, 0.1) is 12.8 Å². The topological polar surface area (TPSA) is 69.6 Å². The summed E-state index contributed by atoms with van der Waals surface area (Å²) in [6.07, 6.45) is 0.804. The van der Waals surface area contributed by atoms with Gasteiger partial charge in [-0.25, -0.2) is 4.79 Å². The van der Waals surface area contributed by atoms with Crippen molar-refractivity contribution in [1.29, 1.82) is 0 Å². The van der Waals surface area contributed by atoms with Gasteiger partial charge in [-0.2, -0.15) is 0 Å². The van der Waals surface area contributed by atoms with Gasteiger partial charge in [0.1, 0.15) is 6.54 Å². The second-order valence-corrected chi connectivity index (χ2v) is 5.52. The van der Waals surface area contributed by atoms with Crippen molar-refractivity contribution in [3.05, 3.63) is 29.8 Å². The number of amides is 2. The maximum absolute atomic E-state index is 12.4. The molecular formula is C16H24N2O3. The molecule has 0 aliphatic heterocycles. The Kier molecular flexibility index (Phi) is 6.21. The number of carboxylic acids is 1. The summed E-state index contributed by atoms with van der Waals surface area (Å²) in [6, 6.07) is 6.89. The average molecular weight is 292 g/mol. The summed E-state index contributed by atoms with van der Waals surface area (Å²) in [5, 5.41) is 11.9. The molecule has 0 fully saturated rings.